The Bertz CT molecular complexity index is 1190. The van der Waals surface area contributed by atoms with Crippen LogP contribution in [0.5, 0.6) is 0 Å². The molecule has 29 heavy (non-hydrogen) atoms. The van der Waals surface area contributed by atoms with Crippen molar-refractivity contribution >= 4 is 38.1 Å². The number of aromatic nitrogens is 2. The summed E-state index contributed by atoms with van der Waals surface area (Å²) in [5.74, 6) is -0.0625. The molecule has 0 saturated heterocycles. The molecule has 4 nitrogen and oxygen atoms in total. The molecule has 6 heteroatoms. The van der Waals surface area contributed by atoms with Crippen LogP contribution in [0.15, 0.2) is 53.9 Å². The van der Waals surface area contributed by atoms with E-state index in [0.29, 0.717) is 0 Å². The van der Waals surface area contributed by atoms with E-state index >= 15 is 0 Å². The minimum Gasteiger partial charge on any atom is -0.512 e. The van der Waals surface area contributed by atoms with Gasteiger partial charge in [-0.2, -0.15) is 11.3 Å². The smallest absolute Gasteiger partial charge is 0.155 e. The van der Waals surface area contributed by atoms with Gasteiger partial charge >= 0.3 is 0 Å². The van der Waals surface area contributed by atoms with Crippen molar-refractivity contribution in [3.05, 3.63) is 71.1 Å². The maximum Gasteiger partial charge on any atom is 0.155 e. The fourth-order valence-corrected chi connectivity index (χ4v) is 3.76. The Morgan fingerprint density at radius 1 is 1.14 bits per heavy atom. The van der Waals surface area contributed by atoms with Gasteiger partial charge < -0.3 is 5.11 Å². The number of carbonyl (C=O) groups is 1. The Balaban J connectivity index is 0.000000327. The molecule has 0 spiro atoms. The van der Waals surface area contributed by atoms with Crippen LogP contribution < -0.4 is 0 Å². The topological polar surface area (TPSA) is 63.1 Å². The van der Waals surface area contributed by atoms with Crippen LogP contribution in [0.4, 0.5) is 0 Å². The summed E-state index contributed by atoms with van der Waals surface area (Å²) in [5.41, 5.74) is 5.40. The maximum atomic E-state index is 10.0. The number of aryl methyl sites for hydroxylation is 2. The predicted molar refractivity (Wildman–Crippen MR) is 116 cm³/mol. The second-order valence-corrected chi connectivity index (χ2v) is 7.60. The molecule has 3 aromatic heterocycles. The van der Waals surface area contributed by atoms with E-state index < -0.39 is 0 Å². The molecule has 0 fully saturated rings. The summed E-state index contributed by atoms with van der Waals surface area (Å²) in [7, 11) is 0. The molecule has 0 saturated carbocycles. The molecule has 4 rings (SSSR count). The number of aliphatic hydroxyl groups excluding tert-OH is 1. The van der Waals surface area contributed by atoms with Crippen LogP contribution in [-0.2, 0) is 24.9 Å². The number of nitrogens with zero attached hydrogens (tertiary/aromatic N) is 2. The predicted octanol–water partition coefficient (Wildman–Crippen LogP) is 5.96. The van der Waals surface area contributed by atoms with Gasteiger partial charge in [0, 0.05) is 49.8 Å². The molecule has 0 aliphatic rings. The van der Waals surface area contributed by atoms with Gasteiger partial charge in [-0.1, -0.05) is 28.6 Å². The zero-order valence-corrected chi connectivity index (χ0v) is 19.8. The van der Waals surface area contributed by atoms with Gasteiger partial charge in [0.2, 0.25) is 0 Å². The van der Waals surface area contributed by atoms with E-state index in [9.17, 15) is 4.79 Å². The third-order valence-corrected chi connectivity index (χ3v) is 4.94. The van der Waals surface area contributed by atoms with Gasteiger partial charge in [0.05, 0.1) is 5.76 Å². The zero-order valence-electron chi connectivity index (χ0n) is 16.6. The van der Waals surface area contributed by atoms with Gasteiger partial charge in [0.1, 0.15) is 0 Å². The fraction of sp³-hybridized carbons (Fsp3) is 0.174. The molecule has 151 valence electrons. The van der Waals surface area contributed by atoms with Crippen LogP contribution >= 0.6 is 11.3 Å². The number of hydrogen-bond acceptors (Lipinski definition) is 5. The molecule has 0 unspecified atom stereocenters. The first kappa shape index (κ1) is 22.9. The third kappa shape index (κ3) is 5.57. The number of allylic oxidation sites excluding steroid dienone is 2. The maximum absolute atomic E-state index is 10.0. The van der Waals surface area contributed by atoms with Crippen LogP contribution in [0, 0.1) is 19.9 Å². The Morgan fingerprint density at radius 2 is 1.90 bits per heavy atom. The molecule has 1 radical (unpaired) electrons. The number of thiophene rings is 1. The van der Waals surface area contributed by atoms with Gasteiger partial charge in [0.25, 0.3) is 0 Å². The second kappa shape index (κ2) is 9.88. The van der Waals surface area contributed by atoms with E-state index in [4.69, 9.17) is 5.11 Å². The molecule has 0 aliphatic carbocycles. The summed E-state index contributed by atoms with van der Waals surface area (Å²) in [6.07, 6.45) is 4.94. The molecule has 1 aromatic carbocycles. The van der Waals surface area contributed by atoms with Crippen molar-refractivity contribution in [2.45, 2.75) is 27.7 Å². The van der Waals surface area contributed by atoms with Crippen molar-refractivity contribution in [1.29, 1.82) is 0 Å². The molecule has 3 heterocycles. The fourth-order valence-electron chi connectivity index (χ4n) is 2.90. The first-order chi connectivity index (χ1) is 13.3. The summed E-state index contributed by atoms with van der Waals surface area (Å²) in [4.78, 5) is 19.2. The largest absolute Gasteiger partial charge is 0.512 e. The van der Waals surface area contributed by atoms with Crippen LogP contribution in [0.2, 0.25) is 0 Å². The van der Waals surface area contributed by atoms with Gasteiger partial charge in [-0.05, 0) is 49.4 Å². The second-order valence-electron chi connectivity index (χ2n) is 6.69. The molecular weight excluding hydrogens is 561 g/mol. The molecule has 4 aromatic rings. The third-order valence-electron chi connectivity index (χ3n) is 4.02. The average molecular weight is 582 g/mol. The molecular formula is C23H21IrN2O2S-. The van der Waals surface area contributed by atoms with Crippen LogP contribution in [-0.4, -0.2) is 20.9 Å². The first-order valence-corrected chi connectivity index (χ1v) is 9.73. The van der Waals surface area contributed by atoms with E-state index in [2.05, 4.69) is 53.5 Å². The van der Waals surface area contributed by atoms with Crippen molar-refractivity contribution in [3.63, 3.8) is 0 Å². The Hall–Kier alpha value is -2.40. The minimum absolute atomic E-state index is 0. The zero-order chi connectivity index (χ0) is 20.3. The monoisotopic (exact) mass is 582 g/mol. The van der Waals surface area contributed by atoms with Crippen LogP contribution in [0.3, 0.4) is 0 Å². The van der Waals surface area contributed by atoms with Gasteiger partial charge in [0.15, 0.2) is 5.78 Å². The van der Waals surface area contributed by atoms with Gasteiger partial charge in [-0.25, -0.2) is 0 Å². The van der Waals surface area contributed by atoms with E-state index in [-0.39, 0.29) is 31.6 Å². The van der Waals surface area contributed by atoms with Crippen molar-refractivity contribution in [3.8, 4) is 11.3 Å². The SMILES string of the molecule is CC(=O)/C=C(/C)O.Cc1ccnc(-c2[c-]c3ccsc3c3ncc(C)cc23)c1.[Ir]. The molecule has 0 bridgehead atoms. The number of ketones is 1. The van der Waals surface area contributed by atoms with Gasteiger partial charge in [-0.15, -0.1) is 17.5 Å². The Labute approximate surface area is 187 Å². The van der Waals surface area contributed by atoms with E-state index in [1.54, 1.807) is 11.3 Å². The number of hydrogen-bond donors (Lipinski definition) is 1. The quantitative estimate of drug-likeness (QED) is 0.180. The number of pyridine rings is 2. The summed E-state index contributed by atoms with van der Waals surface area (Å²) in [6, 6.07) is 11.9. The van der Waals surface area contributed by atoms with Crippen molar-refractivity contribution in [1.82, 2.24) is 9.97 Å². The first-order valence-electron chi connectivity index (χ1n) is 8.85. The number of benzene rings is 1. The van der Waals surface area contributed by atoms with Crippen molar-refractivity contribution in [2.24, 2.45) is 0 Å². The van der Waals surface area contributed by atoms with Crippen molar-refractivity contribution < 1.29 is 30.0 Å². The number of fused-ring (bicyclic) bond motifs is 3. The van der Waals surface area contributed by atoms with E-state index in [1.165, 1.54) is 30.2 Å². The number of carbonyl (C=O) groups excluding carboxylic acids is 1. The van der Waals surface area contributed by atoms with Gasteiger partial charge in [-0.3, -0.25) is 14.8 Å². The van der Waals surface area contributed by atoms with Crippen LogP contribution in [0.1, 0.15) is 25.0 Å². The molecule has 0 aliphatic heterocycles. The van der Waals surface area contributed by atoms with E-state index in [1.807, 2.05) is 18.5 Å². The molecule has 0 atom stereocenters. The Kier molecular flexibility index (Phi) is 7.80. The van der Waals surface area contributed by atoms with Crippen molar-refractivity contribution in [2.75, 3.05) is 0 Å². The summed E-state index contributed by atoms with van der Waals surface area (Å²) in [5, 5.41) is 12.7. The molecule has 1 N–H and O–H groups in total. The number of aliphatic hydroxyl groups is 1. The Morgan fingerprint density at radius 3 is 2.52 bits per heavy atom. The van der Waals surface area contributed by atoms with E-state index in [0.717, 1.165) is 33.1 Å². The summed E-state index contributed by atoms with van der Waals surface area (Å²) < 4.78 is 1.20. The number of rotatable bonds is 2. The van der Waals surface area contributed by atoms with Crippen LogP contribution in [0.25, 0.3) is 32.2 Å². The summed E-state index contributed by atoms with van der Waals surface area (Å²) >= 11 is 1.72. The normalized spacial score (nSPS) is 11.0. The minimum atomic E-state index is -0.125. The standard InChI is InChI=1S/C18H13N2S.C5H8O2.Ir/c1-11-3-5-19-16(8-11)14-9-13-4-6-21-18(13)17-15(14)7-12(2)10-20-17;1-4(6)3-5(2)7;/h3-8,10H,1-2H3;3,6H,1-2H3;/q-1;;/b;4-3-;. The molecule has 0 amide bonds. The summed E-state index contributed by atoms with van der Waals surface area (Å²) in [6.45, 7) is 7.00. The average Bonchev–Trinajstić information content (AvgIpc) is 3.08.